The highest BCUT2D eigenvalue weighted by molar-refractivity contribution is 6.23. The number of nitrogens with one attached hydrogen (secondary N) is 2. The average molecular weight is 851 g/mol. The number of pyridine rings is 1. The number of hydrogen-bond donors (Lipinski definition) is 2. The quantitative estimate of drug-likeness (QED) is 0.213. The van der Waals surface area contributed by atoms with Gasteiger partial charge in [0.05, 0.1) is 33.8 Å². The Kier molecular flexibility index (Phi) is 11.3. The third kappa shape index (κ3) is 7.82. The Balaban J connectivity index is 0.827. The van der Waals surface area contributed by atoms with Gasteiger partial charge in [-0.05, 0) is 83.9 Å². The number of hydrogen-bond acceptors (Lipinski definition) is 14. The smallest absolute Gasteiger partial charge is 0.262 e. The van der Waals surface area contributed by atoms with E-state index in [1.165, 1.54) is 6.07 Å². The molecule has 17 nitrogen and oxygen atoms in total. The molecule has 0 aliphatic carbocycles. The molecule has 3 unspecified atom stereocenters. The molecule has 3 atom stereocenters. The third-order valence-electron chi connectivity index (χ3n) is 13.4. The predicted octanol–water partition coefficient (Wildman–Crippen LogP) is 4.52. The Bertz CT molecular complexity index is 2380. The van der Waals surface area contributed by atoms with Gasteiger partial charge in [0, 0.05) is 95.9 Å². The van der Waals surface area contributed by atoms with Crippen LogP contribution in [0.1, 0.15) is 93.0 Å². The molecule has 0 bridgehead atoms. The van der Waals surface area contributed by atoms with Gasteiger partial charge in [0.1, 0.15) is 23.5 Å². The van der Waals surface area contributed by atoms with E-state index in [1.54, 1.807) is 13.3 Å². The van der Waals surface area contributed by atoms with Gasteiger partial charge in [0.2, 0.25) is 17.8 Å². The summed E-state index contributed by atoms with van der Waals surface area (Å²) in [6, 6.07) is 5.73. The number of imide groups is 2. The van der Waals surface area contributed by atoms with Gasteiger partial charge in [-0.25, -0.2) is 14.4 Å². The second-order valence-electron chi connectivity index (χ2n) is 17.8. The average Bonchev–Trinajstić information content (AvgIpc) is 3.75. The zero-order valence-corrected chi connectivity index (χ0v) is 36.0. The van der Waals surface area contributed by atoms with Gasteiger partial charge in [-0.15, -0.1) is 0 Å². The Morgan fingerprint density at radius 2 is 1.56 bits per heavy atom. The summed E-state index contributed by atoms with van der Waals surface area (Å²) in [5.41, 5.74) is 1.30. The van der Waals surface area contributed by atoms with Crippen LogP contribution in [0.5, 0.6) is 0 Å². The van der Waals surface area contributed by atoms with Gasteiger partial charge in [0.25, 0.3) is 11.8 Å². The van der Waals surface area contributed by atoms with Crippen molar-refractivity contribution in [3.63, 3.8) is 0 Å². The number of piperazine rings is 1. The number of carbonyl (C=O) groups is 4. The largest absolute Gasteiger partial charge is 0.381 e. The maximum absolute atomic E-state index is 15.8. The number of methoxy groups -OCH3 is 1. The number of rotatable bonds is 10. The fourth-order valence-corrected chi connectivity index (χ4v) is 9.97. The van der Waals surface area contributed by atoms with Crippen LogP contribution in [0.4, 0.5) is 33.5 Å². The lowest BCUT2D eigenvalue weighted by molar-refractivity contribution is -0.136. The molecular formula is C44H55FN12O5. The monoisotopic (exact) mass is 850 g/mol. The van der Waals surface area contributed by atoms with Gasteiger partial charge >= 0.3 is 0 Å². The third-order valence-corrected chi connectivity index (χ3v) is 13.4. The summed E-state index contributed by atoms with van der Waals surface area (Å²) in [4.78, 5) is 75.1. The summed E-state index contributed by atoms with van der Waals surface area (Å²) in [7, 11) is 1.77. The van der Waals surface area contributed by atoms with Crippen LogP contribution < -0.4 is 25.3 Å². The van der Waals surface area contributed by atoms with Gasteiger partial charge < -0.3 is 24.8 Å². The van der Waals surface area contributed by atoms with E-state index < -0.39 is 35.5 Å². The molecule has 328 valence electrons. The van der Waals surface area contributed by atoms with Crippen molar-refractivity contribution in [2.45, 2.75) is 96.5 Å². The topological polar surface area (TPSA) is 174 Å². The molecular weight excluding hydrogens is 796 g/mol. The van der Waals surface area contributed by atoms with E-state index in [9.17, 15) is 19.2 Å². The molecule has 4 fully saturated rings. The molecule has 0 radical (unpaired) electrons. The van der Waals surface area contributed by atoms with Crippen LogP contribution in [0.25, 0.3) is 10.9 Å². The standard InChI is InChI=1S/C44H55FN12O5/c1-25(2)57-35-20-38(48-37-8-13-46-44(49-37)53-16-11-29(62-5)12-17-53)47-21-32(35)40(51-57)52-14-9-28(10-15-52)24-55-26(3)22-54(23-27(55)4)36-19-31-30(18-33(36)45)42(60)56(43(31)61)34-6-7-39(58)50-41(34)59/h8,13,18-21,25-29,34H,6-7,9-12,14-17,22-24H2,1-5H3,(H,50,58,59)(H,46,47,48,49). The van der Waals surface area contributed by atoms with Crippen LogP contribution in [-0.2, 0) is 14.3 Å². The number of nitrogens with zero attached hydrogens (tertiary/aromatic N) is 10. The number of benzene rings is 1. The minimum Gasteiger partial charge on any atom is -0.381 e. The molecule has 3 aromatic heterocycles. The molecule has 62 heavy (non-hydrogen) atoms. The van der Waals surface area contributed by atoms with Crippen LogP contribution in [0.15, 0.2) is 36.7 Å². The highest BCUT2D eigenvalue weighted by Crippen LogP contribution is 2.36. The van der Waals surface area contributed by atoms with Crippen molar-refractivity contribution in [2.75, 3.05) is 72.9 Å². The van der Waals surface area contributed by atoms with E-state index in [4.69, 9.17) is 19.8 Å². The Labute approximate surface area is 360 Å². The molecule has 5 aliphatic rings. The number of carbonyl (C=O) groups excluding carboxylic acids is 4. The van der Waals surface area contributed by atoms with Crippen molar-refractivity contribution >= 4 is 63.6 Å². The SMILES string of the molecule is COC1CCN(c2nccc(Nc3cc4c(cn3)c(N3CCC(CN5C(C)CN(c6cc7c(cc6F)C(=O)N(C6CCC(=O)NC6=O)C7=O)CC5C)CC3)nn4C(C)C)n2)CC1. The normalized spacial score (nSPS) is 23.2. The van der Waals surface area contributed by atoms with E-state index in [2.05, 4.69) is 68.8 Å². The lowest BCUT2D eigenvalue weighted by Crippen LogP contribution is -2.58. The number of halogens is 1. The zero-order valence-electron chi connectivity index (χ0n) is 36.0. The summed E-state index contributed by atoms with van der Waals surface area (Å²) in [5.74, 6) is 0.401. The zero-order chi connectivity index (χ0) is 43.4. The molecule has 1 aromatic carbocycles. The summed E-state index contributed by atoms with van der Waals surface area (Å²) in [6.07, 6.45) is 7.93. The first kappa shape index (κ1) is 41.6. The number of anilines is 5. The molecule has 4 aromatic rings. The van der Waals surface area contributed by atoms with Crippen molar-refractivity contribution in [1.29, 1.82) is 0 Å². The van der Waals surface area contributed by atoms with Crippen molar-refractivity contribution in [3.8, 4) is 0 Å². The lowest BCUT2D eigenvalue weighted by atomic mass is 9.94. The first-order valence-corrected chi connectivity index (χ1v) is 21.9. The molecule has 0 saturated carbocycles. The van der Waals surface area contributed by atoms with Crippen LogP contribution in [-0.4, -0.2) is 135 Å². The van der Waals surface area contributed by atoms with E-state index in [-0.39, 0.29) is 53.9 Å². The van der Waals surface area contributed by atoms with Crippen molar-refractivity contribution in [1.82, 2.24) is 39.8 Å². The van der Waals surface area contributed by atoms with Crippen LogP contribution in [0.3, 0.4) is 0 Å². The predicted molar refractivity (Wildman–Crippen MR) is 231 cm³/mol. The number of amides is 4. The first-order chi connectivity index (χ1) is 29.9. The van der Waals surface area contributed by atoms with Crippen LogP contribution in [0, 0.1) is 11.7 Å². The molecule has 9 rings (SSSR count). The number of fused-ring (bicyclic) bond motifs is 2. The molecule has 4 amide bonds. The maximum Gasteiger partial charge on any atom is 0.262 e. The number of piperidine rings is 3. The Hall–Kier alpha value is -5.75. The van der Waals surface area contributed by atoms with Gasteiger partial charge in [-0.2, -0.15) is 10.1 Å². The van der Waals surface area contributed by atoms with E-state index >= 15 is 4.39 Å². The van der Waals surface area contributed by atoms with Gasteiger partial charge in [-0.1, -0.05) is 0 Å². The van der Waals surface area contributed by atoms with Crippen LogP contribution in [0.2, 0.25) is 0 Å². The molecule has 2 N–H and O–H groups in total. The van der Waals surface area contributed by atoms with Gasteiger partial charge in [0.15, 0.2) is 5.82 Å². The van der Waals surface area contributed by atoms with E-state index in [0.29, 0.717) is 36.6 Å². The molecule has 0 spiro atoms. The van der Waals surface area contributed by atoms with E-state index in [1.807, 2.05) is 17.2 Å². The minimum atomic E-state index is -1.10. The highest BCUT2D eigenvalue weighted by atomic mass is 19.1. The minimum absolute atomic E-state index is 0.0181. The summed E-state index contributed by atoms with van der Waals surface area (Å²) < 4.78 is 23.4. The van der Waals surface area contributed by atoms with Crippen molar-refractivity contribution in [2.24, 2.45) is 5.92 Å². The molecule has 5 aliphatic heterocycles. The number of aromatic nitrogens is 5. The van der Waals surface area contributed by atoms with E-state index in [0.717, 1.165) is 86.1 Å². The summed E-state index contributed by atoms with van der Waals surface area (Å²) in [5, 5.41) is 11.8. The fourth-order valence-electron chi connectivity index (χ4n) is 9.97. The van der Waals surface area contributed by atoms with Crippen LogP contribution >= 0.6 is 0 Å². The second kappa shape index (κ2) is 16.8. The summed E-state index contributed by atoms with van der Waals surface area (Å²) in [6.45, 7) is 14.0. The van der Waals surface area contributed by atoms with Gasteiger partial charge in [-0.3, -0.25) is 39.0 Å². The molecule has 4 saturated heterocycles. The van der Waals surface area contributed by atoms with Crippen molar-refractivity contribution in [3.05, 3.63) is 53.6 Å². The second-order valence-corrected chi connectivity index (χ2v) is 17.8. The maximum atomic E-state index is 15.8. The first-order valence-electron chi connectivity index (χ1n) is 21.9. The molecule has 8 heterocycles. The van der Waals surface area contributed by atoms with Crippen molar-refractivity contribution < 1.29 is 28.3 Å². The fraction of sp³-hybridized carbons (Fsp3) is 0.545. The lowest BCUT2D eigenvalue weighted by Gasteiger charge is -2.47. The number of ether oxygens (including phenoxy) is 1. The Morgan fingerprint density at radius 1 is 0.871 bits per heavy atom. The highest BCUT2D eigenvalue weighted by Gasteiger charge is 2.46. The molecule has 18 heteroatoms. The Morgan fingerprint density at radius 3 is 2.24 bits per heavy atom. The summed E-state index contributed by atoms with van der Waals surface area (Å²) >= 11 is 0.